The van der Waals surface area contributed by atoms with Crippen molar-refractivity contribution >= 4 is 27.3 Å². The Morgan fingerprint density at radius 1 is 0.967 bits per heavy atom. The van der Waals surface area contributed by atoms with Crippen LogP contribution in [0.25, 0.3) is 0 Å². The molecule has 0 aliphatic carbocycles. The van der Waals surface area contributed by atoms with Gasteiger partial charge in [0, 0.05) is 37.9 Å². The maximum absolute atomic E-state index is 12.9. The van der Waals surface area contributed by atoms with Crippen LogP contribution in [0.3, 0.4) is 0 Å². The Hall–Kier alpha value is -2.94. The maximum atomic E-state index is 12.9. The highest BCUT2D eigenvalue weighted by Gasteiger charge is 2.27. The molecule has 1 fully saturated rings. The Labute approximate surface area is 177 Å². The minimum absolute atomic E-state index is 0.233. The van der Waals surface area contributed by atoms with Crippen molar-refractivity contribution in [2.75, 3.05) is 62.4 Å². The van der Waals surface area contributed by atoms with Crippen molar-refractivity contribution in [3.63, 3.8) is 0 Å². The van der Waals surface area contributed by atoms with Gasteiger partial charge >= 0.3 is 0 Å². The number of benzene rings is 2. The molecule has 0 atom stereocenters. The van der Waals surface area contributed by atoms with Crippen LogP contribution in [0.1, 0.15) is 0 Å². The molecule has 0 saturated carbocycles. The standard InChI is InChI=1S/C21H27N3O5S/c1-28-19-10-9-18(15-20(19)29-2)24(30(3,26)27)16-21(25)23-13-11-22(12-14-23)17-7-5-4-6-8-17/h4-10,15H,11-14,16H2,1-3H3. The van der Waals surface area contributed by atoms with E-state index in [4.69, 9.17) is 9.47 Å². The third-order valence-corrected chi connectivity index (χ3v) is 6.23. The molecule has 9 heteroatoms. The van der Waals surface area contributed by atoms with Gasteiger partial charge in [0.15, 0.2) is 11.5 Å². The molecule has 1 heterocycles. The predicted molar refractivity (Wildman–Crippen MR) is 117 cm³/mol. The van der Waals surface area contributed by atoms with Crippen LogP contribution >= 0.6 is 0 Å². The largest absolute Gasteiger partial charge is 0.493 e. The van der Waals surface area contributed by atoms with E-state index in [1.807, 2.05) is 30.3 Å². The average Bonchev–Trinajstić information content (AvgIpc) is 2.76. The first-order valence-electron chi connectivity index (χ1n) is 9.61. The number of hydrogen-bond donors (Lipinski definition) is 0. The van der Waals surface area contributed by atoms with Gasteiger partial charge in [0.1, 0.15) is 6.54 Å². The van der Waals surface area contributed by atoms with Gasteiger partial charge in [-0.2, -0.15) is 0 Å². The number of ether oxygens (including phenoxy) is 2. The van der Waals surface area contributed by atoms with Crippen molar-refractivity contribution < 1.29 is 22.7 Å². The minimum Gasteiger partial charge on any atom is -0.493 e. The Kier molecular flexibility index (Phi) is 6.71. The van der Waals surface area contributed by atoms with Crippen molar-refractivity contribution in [2.24, 2.45) is 0 Å². The molecule has 2 aromatic carbocycles. The summed E-state index contributed by atoms with van der Waals surface area (Å²) in [4.78, 5) is 16.8. The number of hydrogen-bond acceptors (Lipinski definition) is 6. The van der Waals surface area contributed by atoms with Gasteiger partial charge in [-0.05, 0) is 24.3 Å². The lowest BCUT2D eigenvalue weighted by Gasteiger charge is -2.37. The molecule has 8 nitrogen and oxygen atoms in total. The quantitative estimate of drug-likeness (QED) is 0.663. The van der Waals surface area contributed by atoms with Gasteiger partial charge in [-0.3, -0.25) is 9.10 Å². The molecule has 1 saturated heterocycles. The summed E-state index contributed by atoms with van der Waals surface area (Å²) < 4.78 is 36.4. The molecular formula is C21H27N3O5S. The summed E-state index contributed by atoms with van der Waals surface area (Å²) in [7, 11) is -0.691. The molecule has 162 valence electrons. The number of carbonyl (C=O) groups excluding carboxylic acids is 1. The molecule has 1 aliphatic rings. The summed E-state index contributed by atoms with van der Waals surface area (Å²) in [6.45, 7) is 2.21. The Bertz CT molecular complexity index is 973. The van der Waals surface area contributed by atoms with Crippen LogP contribution in [0.5, 0.6) is 11.5 Å². The Balaban J connectivity index is 1.71. The fraction of sp³-hybridized carbons (Fsp3) is 0.381. The lowest BCUT2D eigenvalue weighted by Crippen LogP contribution is -2.52. The first kappa shape index (κ1) is 21.8. The van der Waals surface area contributed by atoms with Gasteiger partial charge < -0.3 is 19.3 Å². The molecule has 3 rings (SSSR count). The van der Waals surface area contributed by atoms with Gasteiger partial charge in [0.05, 0.1) is 26.2 Å². The fourth-order valence-corrected chi connectivity index (χ4v) is 4.30. The first-order valence-corrected chi connectivity index (χ1v) is 11.5. The number of sulfonamides is 1. The van der Waals surface area contributed by atoms with E-state index in [0.717, 1.165) is 16.2 Å². The third kappa shape index (κ3) is 4.96. The van der Waals surface area contributed by atoms with Crippen LogP contribution in [0.2, 0.25) is 0 Å². The van der Waals surface area contributed by atoms with Crippen molar-refractivity contribution in [3.05, 3.63) is 48.5 Å². The zero-order chi connectivity index (χ0) is 21.7. The van der Waals surface area contributed by atoms with Gasteiger partial charge in [0.25, 0.3) is 0 Å². The second-order valence-corrected chi connectivity index (χ2v) is 8.92. The molecule has 1 amide bonds. The van der Waals surface area contributed by atoms with E-state index in [-0.39, 0.29) is 12.5 Å². The van der Waals surface area contributed by atoms with Crippen molar-refractivity contribution in [2.45, 2.75) is 0 Å². The van der Waals surface area contributed by atoms with E-state index >= 15 is 0 Å². The van der Waals surface area contributed by atoms with Gasteiger partial charge in [-0.25, -0.2) is 8.42 Å². The van der Waals surface area contributed by atoms with E-state index in [1.54, 1.807) is 23.1 Å². The number of amides is 1. The number of anilines is 2. The topological polar surface area (TPSA) is 79.4 Å². The summed E-state index contributed by atoms with van der Waals surface area (Å²) in [5.41, 5.74) is 1.47. The number of rotatable bonds is 7. The average molecular weight is 434 g/mol. The molecule has 0 unspecified atom stereocenters. The smallest absolute Gasteiger partial charge is 0.243 e. The zero-order valence-electron chi connectivity index (χ0n) is 17.4. The van der Waals surface area contributed by atoms with E-state index in [0.29, 0.717) is 43.4 Å². The monoisotopic (exact) mass is 433 g/mol. The molecule has 0 bridgehead atoms. The maximum Gasteiger partial charge on any atom is 0.243 e. The predicted octanol–water partition coefficient (Wildman–Crippen LogP) is 1.82. The fourth-order valence-electron chi connectivity index (χ4n) is 3.46. The molecule has 1 aliphatic heterocycles. The number of carbonyl (C=O) groups is 1. The van der Waals surface area contributed by atoms with Crippen molar-refractivity contribution in [1.82, 2.24) is 4.90 Å². The minimum atomic E-state index is -3.67. The molecular weight excluding hydrogens is 406 g/mol. The second kappa shape index (κ2) is 9.25. The Morgan fingerprint density at radius 2 is 1.60 bits per heavy atom. The summed E-state index contributed by atoms with van der Waals surface area (Å²) in [6.07, 6.45) is 1.09. The molecule has 0 radical (unpaired) electrons. The summed E-state index contributed by atoms with van der Waals surface area (Å²) in [6, 6.07) is 14.8. The molecule has 2 aromatic rings. The molecule has 0 aromatic heterocycles. The highest BCUT2D eigenvalue weighted by atomic mass is 32.2. The first-order chi connectivity index (χ1) is 14.3. The van der Waals surface area contributed by atoms with E-state index in [1.165, 1.54) is 14.2 Å². The van der Waals surface area contributed by atoms with Crippen LogP contribution < -0.4 is 18.7 Å². The zero-order valence-corrected chi connectivity index (χ0v) is 18.3. The molecule has 30 heavy (non-hydrogen) atoms. The van der Waals surface area contributed by atoms with Gasteiger partial charge in [0.2, 0.25) is 15.9 Å². The summed E-state index contributed by atoms with van der Waals surface area (Å²) in [5.74, 6) is 0.647. The van der Waals surface area contributed by atoms with Crippen LogP contribution in [0.4, 0.5) is 11.4 Å². The third-order valence-electron chi connectivity index (χ3n) is 5.09. The Morgan fingerprint density at radius 3 is 2.17 bits per heavy atom. The molecule has 0 N–H and O–H groups in total. The van der Waals surface area contributed by atoms with E-state index in [2.05, 4.69) is 4.90 Å². The molecule has 0 spiro atoms. The summed E-state index contributed by atoms with van der Waals surface area (Å²) >= 11 is 0. The van der Waals surface area contributed by atoms with E-state index in [9.17, 15) is 13.2 Å². The normalized spacial score (nSPS) is 14.4. The van der Waals surface area contributed by atoms with Crippen LogP contribution in [0.15, 0.2) is 48.5 Å². The summed E-state index contributed by atoms with van der Waals surface area (Å²) in [5, 5.41) is 0. The highest BCUT2D eigenvalue weighted by molar-refractivity contribution is 7.92. The SMILES string of the molecule is COc1ccc(N(CC(=O)N2CCN(c3ccccc3)CC2)S(C)(=O)=O)cc1OC. The second-order valence-electron chi connectivity index (χ2n) is 7.01. The van der Waals surface area contributed by atoms with Crippen molar-refractivity contribution in [3.8, 4) is 11.5 Å². The van der Waals surface area contributed by atoms with Gasteiger partial charge in [-0.15, -0.1) is 0 Å². The van der Waals surface area contributed by atoms with Crippen LogP contribution in [-0.2, 0) is 14.8 Å². The van der Waals surface area contributed by atoms with E-state index < -0.39 is 10.0 Å². The van der Waals surface area contributed by atoms with Gasteiger partial charge in [-0.1, -0.05) is 18.2 Å². The highest BCUT2D eigenvalue weighted by Crippen LogP contribution is 2.32. The number of nitrogens with zero attached hydrogens (tertiary/aromatic N) is 3. The lowest BCUT2D eigenvalue weighted by atomic mass is 10.2. The van der Waals surface area contributed by atoms with Crippen LogP contribution in [-0.4, -0.2) is 72.4 Å². The van der Waals surface area contributed by atoms with Crippen molar-refractivity contribution in [1.29, 1.82) is 0 Å². The van der Waals surface area contributed by atoms with Crippen LogP contribution in [0, 0.1) is 0 Å². The lowest BCUT2D eigenvalue weighted by molar-refractivity contribution is -0.129. The number of para-hydroxylation sites is 1. The number of piperazine rings is 1. The number of methoxy groups -OCH3 is 2.